The van der Waals surface area contributed by atoms with Crippen LogP contribution in [0.5, 0.6) is 0 Å². The Labute approximate surface area is 242 Å². The molecule has 0 bridgehead atoms. The smallest absolute Gasteiger partial charge is 0.295 e. The van der Waals surface area contributed by atoms with Gasteiger partial charge in [-0.1, -0.05) is 20.8 Å². The van der Waals surface area contributed by atoms with Gasteiger partial charge in [0.25, 0.3) is 5.56 Å². The van der Waals surface area contributed by atoms with Crippen LogP contribution in [-0.2, 0) is 17.7 Å². The lowest BCUT2D eigenvalue weighted by Gasteiger charge is -2.22. The number of rotatable bonds is 11. The summed E-state index contributed by atoms with van der Waals surface area (Å²) in [6, 6.07) is 3.54. The molecule has 10 nitrogen and oxygen atoms in total. The van der Waals surface area contributed by atoms with Crippen LogP contribution in [0.4, 0.5) is 5.82 Å². The normalized spacial score (nSPS) is 16.7. The van der Waals surface area contributed by atoms with Crippen LogP contribution in [0.25, 0.3) is 22.6 Å². The lowest BCUT2D eigenvalue weighted by Crippen LogP contribution is -2.30. The van der Waals surface area contributed by atoms with Crippen molar-refractivity contribution < 1.29 is 4.55 Å². The Hall–Kier alpha value is -3.44. The lowest BCUT2D eigenvalue weighted by molar-refractivity contribution is 0.406. The first-order valence-corrected chi connectivity index (χ1v) is 15.9. The summed E-state index contributed by atoms with van der Waals surface area (Å²) in [5.74, 6) is 2.42. The van der Waals surface area contributed by atoms with Crippen molar-refractivity contribution in [3.63, 3.8) is 0 Å². The van der Waals surface area contributed by atoms with Crippen LogP contribution in [0, 0.1) is 5.92 Å². The summed E-state index contributed by atoms with van der Waals surface area (Å²) < 4.78 is 14.0. The number of hydrogen-bond donors (Lipinski definition) is 1. The Kier molecular flexibility index (Phi) is 7.74. The van der Waals surface area contributed by atoms with Crippen LogP contribution in [0.15, 0.2) is 40.5 Å². The third-order valence-corrected chi connectivity index (χ3v) is 9.49. The van der Waals surface area contributed by atoms with Crippen molar-refractivity contribution in [2.75, 3.05) is 11.1 Å². The van der Waals surface area contributed by atoms with Crippen LogP contribution in [-0.4, -0.2) is 44.8 Å². The SMILES string of the molecule is CCC[S+]([O-])c1ccc(CNc2nc3cnc(-c4c(C5CC5)ncnc4C4CC4)nc3n([C@H](C)C(C)C)c2=O)nc1. The quantitative estimate of drug-likeness (QED) is 0.242. The number of nitrogens with zero attached hydrogens (tertiary/aromatic N) is 7. The van der Waals surface area contributed by atoms with Crippen molar-refractivity contribution in [3.8, 4) is 11.4 Å². The second-order valence-electron chi connectivity index (χ2n) is 11.5. The molecule has 0 radical (unpaired) electrons. The average molecular weight is 573 g/mol. The molecule has 0 aromatic carbocycles. The van der Waals surface area contributed by atoms with Crippen molar-refractivity contribution in [3.05, 3.63) is 58.3 Å². The Morgan fingerprint density at radius 2 is 1.71 bits per heavy atom. The van der Waals surface area contributed by atoms with Crippen LogP contribution >= 0.6 is 0 Å². The zero-order chi connectivity index (χ0) is 28.7. The molecule has 2 atom stereocenters. The van der Waals surface area contributed by atoms with E-state index < -0.39 is 11.2 Å². The van der Waals surface area contributed by atoms with Gasteiger partial charge in [-0.2, -0.15) is 0 Å². The molecule has 2 saturated carbocycles. The van der Waals surface area contributed by atoms with Gasteiger partial charge in [-0.25, -0.2) is 24.9 Å². The van der Waals surface area contributed by atoms with Crippen LogP contribution < -0.4 is 10.9 Å². The minimum absolute atomic E-state index is 0.125. The Morgan fingerprint density at radius 3 is 2.29 bits per heavy atom. The maximum Gasteiger partial charge on any atom is 0.295 e. The van der Waals surface area contributed by atoms with Crippen molar-refractivity contribution >= 4 is 28.2 Å². The van der Waals surface area contributed by atoms with E-state index in [1.54, 1.807) is 23.3 Å². The molecule has 1 unspecified atom stereocenters. The molecule has 0 spiro atoms. The fraction of sp³-hybridized carbons (Fsp3) is 0.500. The Bertz CT molecular complexity index is 1590. The zero-order valence-corrected chi connectivity index (χ0v) is 24.8. The third-order valence-electron chi connectivity index (χ3n) is 7.95. The fourth-order valence-corrected chi connectivity index (χ4v) is 6.01. The second-order valence-corrected chi connectivity index (χ2v) is 13.0. The van der Waals surface area contributed by atoms with E-state index in [1.807, 2.05) is 26.0 Å². The van der Waals surface area contributed by atoms with Gasteiger partial charge in [0, 0.05) is 17.9 Å². The zero-order valence-electron chi connectivity index (χ0n) is 24.0. The first-order valence-electron chi connectivity index (χ1n) is 14.6. The van der Waals surface area contributed by atoms with Crippen molar-refractivity contribution in [1.82, 2.24) is 34.5 Å². The molecule has 2 fully saturated rings. The van der Waals surface area contributed by atoms with E-state index in [2.05, 4.69) is 39.1 Å². The van der Waals surface area contributed by atoms with E-state index in [4.69, 9.17) is 9.97 Å². The summed E-state index contributed by atoms with van der Waals surface area (Å²) in [5.41, 5.74) is 4.53. The number of aromatic nitrogens is 7. The topological polar surface area (TPSA) is 134 Å². The van der Waals surface area contributed by atoms with Gasteiger partial charge in [0.1, 0.15) is 17.6 Å². The first-order chi connectivity index (χ1) is 19.9. The monoisotopic (exact) mass is 572 g/mol. The number of hydrogen-bond acceptors (Lipinski definition) is 9. The molecule has 2 aliphatic carbocycles. The van der Waals surface area contributed by atoms with Crippen molar-refractivity contribution in [2.45, 2.75) is 89.1 Å². The van der Waals surface area contributed by atoms with Gasteiger partial charge in [-0.3, -0.25) is 14.3 Å². The summed E-state index contributed by atoms with van der Waals surface area (Å²) in [5, 5.41) is 3.18. The molecule has 1 N–H and O–H groups in total. The molecule has 4 heterocycles. The fourth-order valence-electron chi connectivity index (χ4n) is 5.02. The highest BCUT2D eigenvalue weighted by molar-refractivity contribution is 7.91. The van der Waals surface area contributed by atoms with E-state index in [0.717, 1.165) is 54.7 Å². The van der Waals surface area contributed by atoms with E-state index in [0.29, 0.717) is 46.0 Å². The van der Waals surface area contributed by atoms with Gasteiger partial charge in [-0.15, -0.1) is 0 Å². The summed E-state index contributed by atoms with van der Waals surface area (Å²) in [4.78, 5) is 42.7. The van der Waals surface area contributed by atoms with Gasteiger partial charge in [0.2, 0.25) is 0 Å². The van der Waals surface area contributed by atoms with E-state index in [-0.39, 0.29) is 23.3 Å². The Morgan fingerprint density at radius 1 is 1.00 bits per heavy atom. The maximum atomic E-state index is 13.9. The molecule has 2 aliphatic rings. The molecular formula is C30H36N8O2S. The van der Waals surface area contributed by atoms with Gasteiger partial charge < -0.3 is 9.87 Å². The molecule has 4 aromatic rings. The van der Waals surface area contributed by atoms with Gasteiger partial charge in [-0.05, 0) is 68.3 Å². The summed E-state index contributed by atoms with van der Waals surface area (Å²) in [7, 11) is 0. The molecule has 41 heavy (non-hydrogen) atoms. The summed E-state index contributed by atoms with van der Waals surface area (Å²) >= 11 is -1.05. The summed E-state index contributed by atoms with van der Waals surface area (Å²) in [6.45, 7) is 8.53. The number of pyridine rings is 1. The van der Waals surface area contributed by atoms with E-state index >= 15 is 0 Å². The molecule has 214 valence electrons. The van der Waals surface area contributed by atoms with Gasteiger partial charge >= 0.3 is 0 Å². The third kappa shape index (κ3) is 5.70. The minimum atomic E-state index is -1.05. The highest BCUT2D eigenvalue weighted by Gasteiger charge is 2.35. The van der Waals surface area contributed by atoms with Crippen molar-refractivity contribution in [1.29, 1.82) is 0 Å². The maximum absolute atomic E-state index is 13.9. The minimum Gasteiger partial charge on any atom is -0.611 e. The predicted molar refractivity (Wildman–Crippen MR) is 159 cm³/mol. The van der Waals surface area contributed by atoms with Crippen LogP contribution in [0.3, 0.4) is 0 Å². The average Bonchev–Trinajstić information content (AvgIpc) is 3.89. The van der Waals surface area contributed by atoms with Crippen LogP contribution in [0.1, 0.15) is 94.8 Å². The van der Waals surface area contributed by atoms with E-state index in [9.17, 15) is 9.35 Å². The Balaban J connectivity index is 1.38. The lowest BCUT2D eigenvalue weighted by atomic mass is 10.0. The molecule has 11 heteroatoms. The molecular weight excluding hydrogens is 536 g/mol. The van der Waals surface area contributed by atoms with Crippen LogP contribution in [0.2, 0.25) is 0 Å². The highest BCUT2D eigenvalue weighted by atomic mass is 32.2. The van der Waals surface area contributed by atoms with Gasteiger partial charge in [0.05, 0.1) is 41.6 Å². The van der Waals surface area contributed by atoms with Gasteiger partial charge in [0.15, 0.2) is 22.2 Å². The molecule has 0 aliphatic heterocycles. The molecule has 0 saturated heterocycles. The largest absolute Gasteiger partial charge is 0.611 e. The van der Waals surface area contributed by atoms with E-state index in [1.165, 1.54) is 0 Å². The number of fused-ring (bicyclic) bond motifs is 1. The van der Waals surface area contributed by atoms with Crippen molar-refractivity contribution in [2.24, 2.45) is 5.92 Å². The molecule has 4 aromatic heterocycles. The number of nitrogens with one attached hydrogen (secondary N) is 1. The highest BCUT2D eigenvalue weighted by Crippen LogP contribution is 2.48. The first kappa shape index (κ1) is 27.7. The summed E-state index contributed by atoms with van der Waals surface area (Å²) in [6.07, 6.45) is 10.3. The molecule has 6 rings (SSSR count). The number of anilines is 1. The predicted octanol–water partition coefficient (Wildman–Crippen LogP) is 5.14. The molecule has 0 amide bonds. The standard InChI is InChI=1S/C30H36N8O2S/c1-5-12-41(40)22-11-10-21(31-14-22)13-32-28-30(39)38(18(4)17(2)3)29-23(36-28)15-33-27(37-29)24-25(19-6-7-19)34-16-35-26(24)20-8-9-20/h10-11,14-20H,5-9,12-13H2,1-4H3,(H,32,36)/t18-,41?/m1/s1. The second kappa shape index (κ2) is 11.4.